The van der Waals surface area contributed by atoms with Gasteiger partial charge in [0.15, 0.2) is 0 Å². The van der Waals surface area contributed by atoms with Gasteiger partial charge in [0.25, 0.3) is 0 Å². The molecule has 0 aliphatic carbocycles. The minimum atomic E-state index is 0.221. The van der Waals surface area contributed by atoms with E-state index in [4.69, 9.17) is 5.73 Å². The number of rotatable bonds is 4. The van der Waals surface area contributed by atoms with E-state index < -0.39 is 0 Å². The van der Waals surface area contributed by atoms with Crippen LogP contribution in [0, 0.1) is 0 Å². The maximum atomic E-state index is 12.2. The van der Waals surface area contributed by atoms with Gasteiger partial charge in [0.2, 0.25) is 0 Å². The Balaban J connectivity index is 1.76. The van der Waals surface area contributed by atoms with Gasteiger partial charge in [-0.3, -0.25) is 4.79 Å². The quantitative estimate of drug-likeness (QED) is 0.738. The van der Waals surface area contributed by atoms with Gasteiger partial charge in [-0.15, -0.1) is 11.3 Å². The van der Waals surface area contributed by atoms with Crippen molar-refractivity contribution in [1.82, 2.24) is 0 Å². The summed E-state index contributed by atoms with van der Waals surface area (Å²) in [4.78, 5) is 12.2. The van der Waals surface area contributed by atoms with E-state index in [9.17, 15) is 4.79 Å². The summed E-state index contributed by atoms with van der Waals surface area (Å²) in [6, 6.07) is 15.7. The lowest BCUT2D eigenvalue weighted by Crippen LogP contribution is -2.06. The summed E-state index contributed by atoms with van der Waals surface area (Å²) in [5.74, 6) is 0.221. The van der Waals surface area contributed by atoms with Crippen LogP contribution in [0.25, 0.3) is 10.1 Å². The number of nitrogens with two attached hydrogens (primary N) is 1. The number of benzene rings is 2. The third-order valence-electron chi connectivity index (χ3n) is 3.30. The molecule has 0 fully saturated rings. The number of anilines is 1. The highest BCUT2D eigenvalue weighted by Crippen LogP contribution is 2.26. The van der Waals surface area contributed by atoms with E-state index >= 15 is 0 Å². The minimum Gasteiger partial charge on any atom is -0.399 e. The molecule has 2 N–H and O–H groups in total. The van der Waals surface area contributed by atoms with E-state index in [0.717, 1.165) is 11.1 Å². The molecule has 2 nitrogen and oxygen atoms in total. The van der Waals surface area contributed by atoms with E-state index in [1.807, 2.05) is 36.4 Å². The van der Waals surface area contributed by atoms with Gasteiger partial charge in [-0.25, -0.2) is 0 Å². The van der Waals surface area contributed by atoms with Crippen LogP contribution in [0.3, 0.4) is 0 Å². The van der Waals surface area contributed by atoms with E-state index in [1.165, 1.54) is 10.1 Å². The van der Waals surface area contributed by atoms with Crippen LogP contribution in [0.15, 0.2) is 53.9 Å². The van der Waals surface area contributed by atoms with Gasteiger partial charge in [0.1, 0.15) is 5.78 Å². The number of hydrogen-bond acceptors (Lipinski definition) is 3. The monoisotopic (exact) mass is 281 g/mol. The molecule has 1 aromatic heterocycles. The zero-order chi connectivity index (χ0) is 13.9. The van der Waals surface area contributed by atoms with Crippen molar-refractivity contribution < 1.29 is 4.79 Å². The predicted molar refractivity (Wildman–Crippen MR) is 85.1 cm³/mol. The lowest BCUT2D eigenvalue weighted by Gasteiger charge is -2.02. The molecule has 0 aliphatic rings. The maximum absolute atomic E-state index is 12.2. The smallest absolute Gasteiger partial charge is 0.141 e. The molecule has 0 bridgehead atoms. The van der Waals surface area contributed by atoms with Crippen LogP contribution in [0.5, 0.6) is 0 Å². The number of hydrogen-bond donors (Lipinski definition) is 1. The van der Waals surface area contributed by atoms with Crippen molar-refractivity contribution in [3.8, 4) is 0 Å². The first-order valence-electron chi connectivity index (χ1n) is 6.53. The average Bonchev–Trinajstić information content (AvgIpc) is 2.82. The lowest BCUT2D eigenvalue weighted by molar-refractivity contribution is -0.117. The van der Waals surface area contributed by atoms with Crippen molar-refractivity contribution in [3.63, 3.8) is 0 Å². The fourth-order valence-electron chi connectivity index (χ4n) is 2.38. The van der Waals surface area contributed by atoms with Crippen molar-refractivity contribution in [2.24, 2.45) is 0 Å². The van der Waals surface area contributed by atoms with E-state index in [0.29, 0.717) is 18.5 Å². The molecule has 0 radical (unpaired) electrons. The molecular formula is C17H15NOS. The van der Waals surface area contributed by atoms with Crippen LogP contribution in [0.4, 0.5) is 5.69 Å². The van der Waals surface area contributed by atoms with Crippen LogP contribution < -0.4 is 5.73 Å². The van der Waals surface area contributed by atoms with E-state index in [1.54, 1.807) is 11.3 Å². The molecule has 2 aromatic carbocycles. The number of Topliss-reactive ketones (excluding diaryl/α,β-unsaturated/α-hetero) is 1. The van der Waals surface area contributed by atoms with Gasteiger partial charge >= 0.3 is 0 Å². The van der Waals surface area contributed by atoms with Gasteiger partial charge < -0.3 is 5.73 Å². The first kappa shape index (κ1) is 12.9. The molecule has 0 aliphatic heterocycles. The highest BCUT2D eigenvalue weighted by atomic mass is 32.1. The number of carbonyl (C=O) groups excluding carboxylic acids is 1. The van der Waals surface area contributed by atoms with Crippen molar-refractivity contribution in [3.05, 3.63) is 65.0 Å². The molecule has 0 spiro atoms. The number of nitrogen functional groups attached to an aromatic ring is 1. The molecule has 3 rings (SSSR count). The van der Waals surface area contributed by atoms with Crippen LogP contribution in [0.1, 0.15) is 11.1 Å². The molecule has 0 saturated carbocycles. The Morgan fingerprint density at radius 2 is 1.90 bits per heavy atom. The highest BCUT2D eigenvalue weighted by Gasteiger charge is 2.09. The highest BCUT2D eigenvalue weighted by molar-refractivity contribution is 7.17. The second kappa shape index (κ2) is 5.47. The molecular weight excluding hydrogens is 266 g/mol. The van der Waals surface area contributed by atoms with E-state index in [2.05, 4.69) is 17.5 Å². The summed E-state index contributed by atoms with van der Waals surface area (Å²) in [6.07, 6.45) is 0.925. The molecule has 0 atom stereocenters. The molecule has 0 amide bonds. The van der Waals surface area contributed by atoms with Crippen molar-refractivity contribution in [2.45, 2.75) is 12.8 Å². The van der Waals surface area contributed by atoms with Gasteiger partial charge in [-0.1, -0.05) is 30.3 Å². The maximum Gasteiger partial charge on any atom is 0.141 e. The summed E-state index contributed by atoms with van der Waals surface area (Å²) in [5.41, 5.74) is 8.55. The Bertz CT molecular complexity index is 760. The Kier molecular flexibility index (Phi) is 3.52. The Morgan fingerprint density at radius 3 is 2.75 bits per heavy atom. The summed E-state index contributed by atoms with van der Waals surface area (Å²) in [6.45, 7) is 0. The van der Waals surface area contributed by atoms with Crippen molar-refractivity contribution in [1.29, 1.82) is 0 Å². The molecule has 3 heteroatoms. The summed E-state index contributed by atoms with van der Waals surface area (Å²) >= 11 is 1.69. The van der Waals surface area contributed by atoms with Crippen molar-refractivity contribution >= 4 is 32.9 Å². The lowest BCUT2D eigenvalue weighted by atomic mass is 10.0. The first-order chi connectivity index (χ1) is 9.72. The van der Waals surface area contributed by atoms with Crippen LogP contribution in [0.2, 0.25) is 0 Å². The fourth-order valence-corrected chi connectivity index (χ4v) is 3.34. The third-order valence-corrected chi connectivity index (χ3v) is 4.31. The van der Waals surface area contributed by atoms with Gasteiger partial charge in [-0.2, -0.15) is 0 Å². The Morgan fingerprint density at radius 1 is 1.05 bits per heavy atom. The summed E-state index contributed by atoms with van der Waals surface area (Å²) in [5, 5.41) is 3.28. The zero-order valence-corrected chi connectivity index (χ0v) is 11.8. The standard InChI is InChI=1S/C17H15NOS/c18-14-5-3-4-12(8-14)9-15(19)10-13-11-20-17-7-2-1-6-16(13)17/h1-8,11H,9-10,18H2. The first-order valence-corrected chi connectivity index (χ1v) is 7.41. The van der Waals surface area contributed by atoms with Gasteiger partial charge in [0, 0.05) is 23.2 Å². The van der Waals surface area contributed by atoms with E-state index in [-0.39, 0.29) is 5.78 Å². The molecule has 100 valence electrons. The van der Waals surface area contributed by atoms with Crippen LogP contribution in [-0.4, -0.2) is 5.78 Å². The molecule has 0 unspecified atom stereocenters. The topological polar surface area (TPSA) is 43.1 Å². The van der Waals surface area contributed by atoms with Crippen LogP contribution in [-0.2, 0) is 17.6 Å². The number of carbonyl (C=O) groups is 1. The van der Waals surface area contributed by atoms with Crippen LogP contribution >= 0.6 is 11.3 Å². The predicted octanol–water partition coefficient (Wildman–Crippen LogP) is 3.84. The second-order valence-electron chi connectivity index (χ2n) is 4.89. The minimum absolute atomic E-state index is 0.221. The third kappa shape index (κ3) is 2.73. The SMILES string of the molecule is Nc1cccc(CC(=O)Cc2csc3ccccc23)c1. The van der Waals surface area contributed by atoms with Crippen molar-refractivity contribution in [2.75, 3.05) is 5.73 Å². The summed E-state index contributed by atoms with van der Waals surface area (Å²) < 4.78 is 1.24. The van der Waals surface area contributed by atoms with Gasteiger partial charge in [0.05, 0.1) is 0 Å². The Hall–Kier alpha value is -2.13. The second-order valence-corrected chi connectivity index (χ2v) is 5.81. The number of fused-ring (bicyclic) bond motifs is 1. The van der Waals surface area contributed by atoms with Gasteiger partial charge in [-0.05, 0) is 40.1 Å². The molecule has 0 saturated heterocycles. The number of thiophene rings is 1. The zero-order valence-electron chi connectivity index (χ0n) is 11.0. The normalized spacial score (nSPS) is 10.8. The molecule has 20 heavy (non-hydrogen) atoms. The molecule has 1 heterocycles. The average molecular weight is 281 g/mol. The summed E-state index contributed by atoms with van der Waals surface area (Å²) in [7, 11) is 0. The fraction of sp³-hybridized carbons (Fsp3) is 0.118. The molecule has 3 aromatic rings. The Labute approximate surface area is 121 Å². The number of ketones is 1. The largest absolute Gasteiger partial charge is 0.399 e.